The molecule has 0 amide bonds. The monoisotopic (exact) mass is 476 g/mol. The predicted molar refractivity (Wildman–Crippen MR) is 110 cm³/mol. The van der Waals surface area contributed by atoms with Crippen LogP contribution in [0.4, 0.5) is 0 Å². The Bertz CT molecular complexity index is 479. The van der Waals surface area contributed by atoms with E-state index in [1.165, 1.54) is 12.8 Å². The fraction of sp³-hybridized carbons (Fsp3) is 0.933. The van der Waals surface area contributed by atoms with Gasteiger partial charge in [-0.1, -0.05) is 0 Å². The van der Waals surface area contributed by atoms with Crippen LogP contribution in [0.15, 0.2) is 4.99 Å². The first-order valence-corrected chi connectivity index (χ1v) is 10.2. The number of guanidine groups is 1. The van der Waals surface area contributed by atoms with Crippen LogP contribution in [0.2, 0.25) is 0 Å². The minimum Gasteiger partial charge on any atom is -0.381 e. The highest BCUT2D eigenvalue weighted by Gasteiger charge is 2.22. The first kappa shape index (κ1) is 23.9. The average Bonchev–Trinajstić information content (AvgIpc) is 3.21. The van der Waals surface area contributed by atoms with Crippen LogP contribution in [-0.4, -0.2) is 59.0 Å². The van der Waals surface area contributed by atoms with Crippen LogP contribution in [0.1, 0.15) is 40.0 Å². The smallest absolute Gasteiger partial charge is 0.209 e. The molecular formula is C15H33IN4O3S. The van der Waals surface area contributed by atoms with E-state index < -0.39 is 15.6 Å². The van der Waals surface area contributed by atoms with E-state index in [4.69, 9.17) is 4.74 Å². The Hall–Kier alpha value is -0.130. The summed E-state index contributed by atoms with van der Waals surface area (Å²) in [6, 6.07) is 0. The second kappa shape index (κ2) is 11.5. The molecule has 1 aliphatic rings. The molecule has 0 aliphatic heterocycles. The number of ether oxygens (including phenoxy) is 1. The number of halogens is 1. The van der Waals surface area contributed by atoms with E-state index in [2.05, 4.69) is 20.3 Å². The number of nitrogens with zero attached hydrogens (tertiary/aromatic N) is 1. The molecule has 0 saturated heterocycles. The van der Waals surface area contributed by atoms with Gasteiger partial charge < -0.3 is 15.4 Å². The van der Waals surface area contributed by atoms with Gasteiger partial charge in [0.05, 0.1) is 12.8 Å². The van der Waals surface area contributed by atoms with Crippen LogP contribution in [0, 0.1) is 5.92 Å². The van der Waals surface area contributed by atoms with Crippen molar-refractivity contribution in [2.45, 2.75) is 45.6 Å². The van der Waals surface area contributed by atoms with Crippen molar-refractivity contribution in [3.8, 4) is 0 Å². The highest BCUT2D eigenvalue weighted by molar-refractivity contribution is 14.0. The van der Waals surface area contributed by atoms with E-state index in [1.54, 1.807) is 0 Å². The van der Waals surface area contributed by atoms with E-state index in [0.717, 1.165) is 44.9 Å². The molecule has 24 heavy (non-hydrogen) atoms. The highest BCUT2D eigenvalue weighted by Crippen LogP contribution is 2.28. The normalized spacial score (nSPS) is 15.8. The molecule has 0 heterocycles. The highest BCUT2D eigenvalue weighted by atomic mass is 127. The van der Waals surface area contributed by atoms with Crippen LogP contribution in [0.5, 0.6) is 0 Å². The maximum atomic E-state index is 11.3. The van der Waals surface area contributed by atoms with Crippen molar-refractivity contribution >= 4 is 40.0 Å². The lowest BCUT2D eigenvalue weighted by Crippen LogP contribution is -2.46. The second-order valence-corrected chi connectivity index (χ2v) is 8.50. The van der Waals surface area contributed by atoms with Gasteiger partial charge in [0, 0.05) is 31.8 Å². The van der Waals surface area contributed by atoms with Crippen LogP contribution >= 0.6 is 24.0 Å². The second-order valence-electron chi connectivity index (χ2n) is 6.75. The van der Waals surface area contributed by atoms with Crippen molar-refractivity contribution in [1.82, 2.24) is 15.4 Å². The van der Waals surface area contributed by atoms with Gasteiger partial charge in [-0.25, -0.2) is 13.1 Å². The van der Waals surface area contributed by atoms with E-state index in [0.29, 0.717) is 12.5 Å². The van der Waals surface area contributed by atoms with Gasteiger partial charge in [0.25, 0.3) is 0 Å². The number of nitrogens with one attached hydrogen (secondary N) is 3. The lowest BCUT2D eigenvalue weighted by Gasteiger charge is -2.23. The molecule has 1 saturated carbocycles. The lowest BCUT2D eigenvalue weighted by atomic mass is 10.1. The maximum Gasteiger partial charge on any atom is 0.209 e. The fourth-order valence-corrected chi connectivity index (χ4v) is 3.14. The summed E-state index contributed by atoms with van der Waals surface area (Å²) >= 11 is 0. The Morgan fingerprint density at radius 3 is 2.50 bits per heavy atom. The Morgan fingerprint density at radius 1 is 1.29 bits per heavy atom. The predicted octanol–water partition coefficient (Wildman–Crippen LogP) is 1.30. The van der Waals surface area contributed by atoms with Crippen molar-refractivity contribution in [3.05, 3.63) is 0 Å². The Morgan fingerprint density at radius 2 is 1.96 bits per heavy atom. The summed E-state index contributed by atoms with van der Waals surface area (Å²) in [6.45, 7) is 9.15. The van der Waals surface area contributed by atoms with Crippen molar-refractivity contribution in [2.75, 3.05) is 39.1 Å². The van der Waals surface area contributed by atoms with Crippen molar-refractivity contribution in [1.29, 1.82) is 0 Å². The molecule has 1 rings (SSSR count). The number of hydrogen-bond donors (Lipinski definition) is 3. The summed E-state index contributed by atoms with van der Waals surface area (Å²) in [5.74, 6) is 1.49. The molecule has 0 spiro atoms. The van der Waals surface area contributed by atoms with Crippen LogP contribution in [0.25, 0.3) is 0 Å². The molecule has 0 aromatic rings. The molecule has 0 bridgehead atoms. The summed E-state index contributed by atoms with van der Waals surface area (Å²) in [5, 5.41) is 6.40. The van der Waals surface area contributed by atoms with Crippen molar-refractivity contribution in [2.24, 2.45) is 10.9 Å². The molecule has 0 unspecified atom stereocenters. The van der Waals surface area contributed by atoms with Crippen LogP contribution in [0.3, 0.4) is 0 Å². The standard InChI is InChI=1S/C15H32N4O3S.HI/c1-5-16-14(17-9-6-10-22-11-13-7-8-13)18-12-15(2,3)19-23(4,20)21;/h13,19H,5-12H2,1-4H3,(H2,16,17,18);1H. The third-order valence-corrected chi connectivity index (χ3v) is 4.17. The van der Waals surface area contributed by atoms with E-state index in [-0.39, 0.29) is 24.0 Å². The van der Waals surface area contributed by atoms with E-state index >= 15 is 0 Å². The summed E-state index contributed by atoms with van der Waals surface area (Å²) in [4.78, 5) is 4.45. The molecular weight excluding hydrogens is 443 g/mol. The summed E-state index contributed by atoms with van der Waals surface area (Å²) in [5.41, 5.74) is -0.622. The number of aliphatic imine (C=N–C) groups is 1. The minimum absolute atomic E-state index is 0. The first-order valence-electron chi connectivity index (χ1n) is 8.31. The number of sulfonamides is 1. The average molecular weight is 476 g/mol. The number of rotatable bonds is 11. The van der Waals surface area contributed by atoms with Crippen molar-refractivity contribution in [3.63, 3.8) is 0 Å². The van der Waals surface area contributed by atoms with Crippen LogP contribution < -0.4 is 15.4 Å². The topological polar surface area (TPSA) is 91.8 Å². The van der Waals surface area contributed by atoms with E-state index in [1.807, 2.05) is 20.8 Å². The molecule has 1 aliphatic carbocycles. The van der Waals surface area contributed by atoms with Crippen molar-refractivity contribution < 1.29 is 13.2 Å². The molecule has 1 fully saturated rings. The SMILES string of the molecule is CCNC(=NCC(C)(C)NS(C)(=O)=O)NCCCOCC1CC1.I. The molecule has 0 atom stereocenters. The Labute approximate surface area is 163 Å². The summed E-state index contributed by atoms with van der Waals surface area (Å²) in [7, 11) is -3.25. The molecule has 0 radical (unpaired) electrons. The van der Waals surface area contributed by atoms with E-state index in [9.17, 15) is 8.42 Å². The van der Waals surface area contributed by atoms with Gasteiger partial charge in [-0.2, -0.15) is 0 Å². The fourth-order valence-electron chi connectivity index (χ4n) is 2.07. The van der Waals surface area contributed by atoms with Crippen LogP contribution in [-0.2, 0) is 14.8 Å². The molecule has 9 heteroatoms. The third kappa shape index (κ3) is 13.2. The van der Waals surface area contributed by atoms with Gasteiger partial charge in [0.1, 0.15) is 0 Å². The van der Waals surface area contributed by atoms with Gasteiger partial charge in [-0.15, -0.1) is 24.0 Å². The van der Waals surface area contributed by atoms with Gasteiger partial charge in [0.2, 0.25) is 10.0 Å². The Kier molecular flexibility index (Phi) is 11.4. The third-order valence-electron chi connectivity index (χ3n) is 3.25. The first-order chi connectivity index (χ1) is 10.7. The quantitative estimate of drug-likeness (QED) is 0.181. The Balaban J connectivity index is 0.00000529. The van der Waals surface area contributed by atoms with Gasteiger partial charge in [0.15, 0.2) is 5.96 Å². The van der Waals surface area contributed by atoms with Gasteiger partial charge >= 0.3 is 0 Å². The van der Waals surface area contributed by atoms with Gasteiger partial charge in [-0.05, 0) is 46.0 Å². The zero-order valence-electron chi connectivity index (χ0n) is 15.2. The molecule has 0 aromatic carbocycles. The summed E-state index contributed by atoms with van der Waals surface area (Å²) < 4.78 is 30.8. The maximum absolute atomic E-state index is 11.3. The largest absolute Gasteiger partial charge is 0.381 e. The van der Waals surface area contributed by atoms with Gasteiger partial charge in [-0.3, -0.25) is 4.99 Å². The zero-order valence-corrected chi connectivity index (χ0v) is 18.4. The molecule has 144 valence electrons. The zero-order chi connectivity index (χ0) is 17.3. The minimum atomic E-state index is -3.25. The molecule has 3 N–H and O–H groups in total. The summed E-state index contributed by atoms with van der Waals surface area (Å²) in [6.07, 6.45) is 4.70. The molecule has 7 nitrogen and oxygen atoms in total. The number of hydrogen-bond acceptors (Lipinski definition) is 4. The lowest BCUT2D eigenvalue weighted by molar-refractivity contribution is 0.123. The molecule has 0 aromatic heterocycles.